The van der Waals surface area contributed by atoms with Crippen molar-refractivity contribution in [3.63, 3.8) is 0 Å². The Labute approximate surface area is 163 Å². The number of ether oxygens (including phenoxy) is 1. The van der Waals surface area contributed by atoms with Gasteiger partial charge in [-0.1, -0.05) is 0 Å². The molecule has 1 N–H and O–H groups in total. The number of amides is 1. The average molecular weight is 387 g/mol. The maximum absolute atomic E-state index is 12.6. The molecule has 1 fully saturated rings. The largest absolute Gasteiger partial charge is 0.476 e. The summed E-state index contributed by atoms with van der Waals surface area (Å²) < 4.78 is 5.54. The van der Waals surface area contributed by atoms with Crippen LogP contribution in [-0.4, -0.2) is 67.8 Å². The van der Waals surface area contributed by atoms with Crippen molar-refractivity contribution in [2.24, 2.45) is 0 Å². The number of fused-ring (bicyclic) bond motifs is 1. The molecule has 0 saturated carbocycles. The molecular weight excluding hydrogens is 362 g/mol. The van der Waals surface area contributed by atoms with E-state index in [9.17, 15) is 14.7 Å². The van der Waals surface area contributed by atoms with Crippen LogP contribution >= 0.6 is 0 Å². The van der Waals surface area contributed by atoms with Gasteiger partial charge in [-0.25, -0.2) is 14.6 Å². The maximum atomic E-state index is 12.6. The fraction of sp³-hybridized carbons (Fsp3) is 0.526. The number of hydrogen-bond donors (Lipinski definition) is 1. The van der Waals surface area contributed by atoms with E-state index in [2.05, 4.69) is 19.9 Å². The van der Waals surface area contributed by atoms with Crippen molar-refractivity contribution in [1.29, 1.82) is 0 Å². The van der Waals surface area contributed by atoms with Gasteiger partial charge in [-0.05, 0) is 34.6 Å². The van der Waals surface area contributed by atoms with Gasteiger partial charge in [0, 0.05) is 25.5 Å². The fourth-order valence-electron chi connectivity index (χ4n) is 3.53. The normalized spacial score (nSPS) is 20.3. The van der Waals surface area contributed by atoms with Gasteiger partial charge in [0.2, 0.25) is 0 Å². The molecule has 0 bridgehead atoms. The van der Waals surface area contributed by atoms with Crippen molar-refractivity contribution in [2.75, 3.05) is 18.0 Å². The highest BCUT2D eigenvalue weighted by molar-refractivity contribution is 6.02. The number of hydrogen-bond acceptors (Lipinski definition) is 7. The van der Waals surface area contributed by atoms with Gasteiger partial charge in [0.1, 0.15) is 16.6 Å². The van der Waals surface area contributed by atoms with Crippen molar-refractivity contribution < 1.29 is 19.4 Å². The first-order valence-electron chi connectivity index (χ1n) is 9.17. The van der Waals surface area contributed by atoms with Crippen LogP contribution in [0.25, 0.3) is 11.0 Å². The number of aromatic nitrogens is 3. The third-order valence-corrected chi connectivity index (χ3v) is 4.55. The fourth-order valence-corrected chi connectivity index (χ4v) is 3.53. The molecule has 150 valence electrons. The molecule has 9 heteroatoms. The molecule has 1 saturated heterocycles. The number of carbonyl (C=O) groups is 2. The molecule has 28 heavy (non-hydrogen) atoms. The van der Waals surface area contributed by atoms with Crippen LogP contribution < -0.4 is 4.90 Å². The monoisotopic (exact) mass is 387 g/mol. The van der Waals surface area contributed by atoms with Crippen LogP contribution in [0.2, 0.25) is 0 Å². The van der Waals surface area contributed by atoms with E-state index in [1.807, 2.05) is 34.6 Å². The smallest absolute Gasteiger partial charge is 0.410 e. The Morgan fingerprint density at radius 2 is 1.64 bits per heavy atom. The van der Waals surface area contributed by atoms with E-state index in [1.165, 1.54) is 18.6 Å². The van der Waals surface area contributed by atoms with Crippen LogP contribution in [0.15, 0.2) is 18.6 Å². The van der Waals surface area contributed by atoms with Crippen molar-refractivity contribution in [3.05, 3.63) is 24.3 Å². The number of nitrogens with zero attached hydrogens (tertiary/aromatic N) is 5. The zero-order chi connectivity index (χ0) is 20.6. The van der Waals surface area contributed by atoms with Crippen LogP contribution in [0.1, 0.15) is 45.1 Å². The molecule has 9 nitrogen and oxygen atoms in total. The van der Waals surface area contributed by atoms with E-state index in [1.54, 1.807) is 4.90 Å². The summed E-state index contributed by atoms with van der Waals surface area (Å²) in [5, 5.41) is 9.35. The second-order valence-corrected chi connectivity index (χ2v) is 8.04. The lowest BCUT2D eigenvalue weighted by Gasteiger charge is -2.45. The summed E-state index contributed by atoms with van der Waals surface area (Å²) in [5.74, 6) is -1.14. The number of rotatable bonds is 2. The maximum Gasteiger partial charge on any atom is 0.410 e. The lowest BCUT2D eigenvalue weighted by atomic mass is 10.1. The molecular formula is C19H25N5O4. The molecule has 1 amide bonds. The lowest BCUT2D eigenvalue weighted by molar-refractivity contribution is 0.00565. The number of carboxylic acids is 1. The minimum Gasteiger partial charge on any atom is -0.476 e. The van der Waals surface area contributed by atoms with Crippen LogP contribution in [0, 0.1) is 0 Å². The first-order chi connectivity index (χ1) is 13.1. The van der Waals surface area contributed by atoms with Gasteiger partial charge in [-0.3, -0.25) is 14.9 Å². The van der Waals surface area contributed by atoms with E-state index >= 15 is 0 Å². The zero-order valence-corrected chi connectivity index (χ0v) is 16.7. The van der Waals surface area contributed by atoms with Crippen LogP contribution in [0.3, 0.4) is 0 Å². The first kappa shape index (κ1) is 19.8. The number of pyridine rings is 1. The van der Waals surface area contributed by atoms with Gasteiger partial charge in [-0.2, -0.15) is 0 Å². The van der Waals surface area contributed by atoms with Crippen molar-refractivity contribution in [1.82, 2.24) is 19.9 Å². The molecule has 2 aromatic heterocycles. The quantitative estimate of drug-likeness (QED) is 0.837. The highest BCUT2D eigenvalue weighted by Gasteiger charge is 2.36. The predicted octanol–water partition coefficient (Wildman–Crippen LogP) is 2.56. The van der Waals surface area contributed by atoms with Gasteiger partial charge in [0.05, 0.1) is 24.0 Å². The minimum absolute atomic E-state index is 0.107. The SMILES string of the molecule is C[C@@H]1CN(c2cnc(C(=O)O)c3nccnc23)C[C@H](C)N1C(=O)OC(C)(C)C. The topological polar surface area (TPSA) is 109 Å². The van der Waals surface area contributed by atoms with E-state index in [-0.39, 0.29) is 29.4 Å². The predicted molar refractivity (Wildman–Crippen MR) is 104 cm³/mol. The molecule has 3 heterocycles. The molecule has 1 aliphatic rings. The lowest BCUT2D eigenvalue weighted by Crippen LogP contribution is -2.59. The minimum atomic E-state index is -1.14. The van der Waals surface area contributed by atoms with Crippen molar-refractivity contribution in [3.8, 4) is 0 Å². The molecule has 0 unspecified atom stereocenters. The van der Waals surface area contributed by atoms with Crippen LogP contribution in [0.5, 0.6) is 0 Å². The Kier molecular flexibility index (Phi) is 5.10. The number of carbonyl (C=O) groups excluding carboxylic acids is 1. The van der Waals surface area contributed by atoms with E-state index in [0.29, 0.717) is 24.3 Å². The van der Waals surface area contributed by atoms with Crippen LogP contribution in [0.4, 0.5) is 10.5 Å². The van der Waals surface area contributed by atoms with Gasteiger partial charge in [0.25, 0.3) is 0 Å². The van der Waals surface area contributed by atoms with Crippen molar-refractivity contribution in [2.45, 2.75) is 52.3 Å². The molecule has 3 rings (SSSR count). The summed E-state index contributed by atoms with van der Waals surface area (Å²) in [6.07, 6.45) is 4.16. The highest BCUT2D eigenvalue weighted by atomic mass is 16.6. The van der Waals surface area contributed by atoms with Crippen LogP contribution in [-0.2, 0) is 4.74 Å². The van der Waals surface area contributed by atoms with Gasteiger partial charge in [0.15, 0.2) is 5.69 Å². The summed E-state index contributed by atoms with van der Waals surface area (Å²) in [6.45, 7) is 10.5. The molecule has 0 aliphatic carbocycles. The van der Waals surface area contributed by atoms with Gasteiger partial charge < -0.3 is 14.7 Å². The zero-order valence-electron chi connectivity index (χ0n) is 16.7. The Hall–Kier alpha value is -2.97. The van der Waals surface area contributed by atoms with E-state index < -0.39 is 11.6 Å². The third-order valence-electron chi connectivity index (χ3n) is 4.55. The number of piperazine rings is 1. The second kappa shape index (κ2) is 7.21. The highest BCUT2D eigenvalue weighted by Crippen LogP contribution is 2.29. The molecule has 0 aromatic carbocycles. The number of anilines is 1. The summed E-state index contributed by atoms with van der Waals surface area (Å²) in [4.78, 5) is 40.4. The number of aromatic carboxylic acids is 1. The molecule has 0 spiro atoms. The summed E-state index contributed by atoms with van der Waals surface area (Å²) >= 11 is 0. The first-order valence-corrected chi connectivity index (χ1v) is 9.17. The van der Waals surface area contributed by atoms with Gasteiger partial charge >= 0.3 is 12.1 Å². The van der Waals surface area contributed by atoms with E-state index in [0.717, 1.165) is 0 Å². The Morgan fingerprint density at radius 3 is 2.18 bits per heavy atom. The Morgan fingerprint density at radius 1 is 1.07 bits per heavy atom. The molecule has 2 atom stereocenters. The van der Waals surface area contributed by atoms with Gasteiger partial charge in [-0.15, -0.1) is 0 Å². The third kappa shape index (κ3) is 3.83. The second-order valence-electron chi connectivity index (χ2n) is 8.04. The molecule has 0 radical (unpaired) electrons. The summed E-state index contributed by atoms with van der Waals surface area (Å²) in [6, 6.07) is -0.214. The summed E-state index contributed by atoms with van der Waals surface area (Å²) in [7, 11) is 0. The average Bonchev–Trinajstić information content (AvgIpc) is 2.58. The Balaban J connectivity index is 1.91. The van der Waals surface area contributed by atoms with Crippen molar-refractivity contribution >= 4 is 28.8 Å². The number of carboxylic acid groups (broad SMARTS) is 1. The molecule has 2 aromatic rings. The summed E-state index contributed by atoms with van der Waals surface area (Å²) in [5.41, 5.74) is 0.758. The standard InChI is InChI=1S/C19H25N5O4/c1-11-9-23(10-12(2)24(11)18(27)28-19(3,4)5)13-8-22-16(17(25)26)15-14(13)20-6-7-21-15/h6-8,11-12H,9-10H2,1-5H3,(H,25,26)/t11-,12+. The van der Waals surface area contributed by atoms with E-state index in [4.69, 9.17) is 4.74 Å². The Bertz CT molecular complexity index is 899. The molecule has 1 aliphatic heterocycles.